The molecule has 20 heavy (non-hydrogen) atoms. The highest BCUT2D eigenvalue weighted by molar-refractivity contribution is 5.77. The highest BCUT2D eigenvalue weighted by Gasteiger charge is 2.22. The zero-order chi connectivity index (χ0) is 14.5. The van der Waals surface area contributed by atoms with Gasteiger partial charge in [0.1, 0.15) is 0 Å². The Labute approximate surface area is 118 Å². The fourth-order valence-electron chi connectivity index (χ4n) is 1.57. The third kappa shape index (κ3) is 4.22. The molecule has 0 aromatic carbocycles. The van der Waals surface area contributed by atoms with E-state index in [4.69, 9.17) is 0 Å². The molecule has 1 saturated carbocycles. The Balaban J connectivity index is 1.87. The number of amides is 1. The minimum atomic E-state index is 0.0655. The molecule has 1 aromatic heterocycles. The van der Waals surface area contributed by atoms with Gasteiger partial charge in [0.2, 0.25) is 23.8 Å². The molecule has 8 nitrogen and oxygen atoms in total. The third-order valence-electron chi connectivity index (χ3n) is 2.82. The lowest BCUT2D eigenvalue weighted by Gasteiger charge is -2.13. The van der Waals surface area contributed by atoms with Crippen LogP contribution in [0.2, 0.25) is 0 Å². The zero-order valence-corrected chi connectivity index (χ0v) is 12.1. The maximum atomic E-state index is 11.6. The second-order valence-electron chi connectivity index (χ2n) is 4.95. The average molecular weight is 279 g/mol. The van der Waals surface area contributed by atoms with Gasteiger partial charge in [-0.15, -0.1) is 0 Å². The van der Waals surface area contributed by atoms with Gasteiger partial charge in [-0.2, -0.15) is 15.0 Å². The van der Waals surface area contributed by atoms with E-state index in [0.717, 1.165) is 12.8 Å². The number of hydrogen-bond donors (Lipinski definition) is 3. The van der Waals surface area contributed by atoms with Crippen molar-refractivity contribution >= 4 is 23.8 Å². The molecule has 0 saturated heterocycles. The molecule has 0 unspecified atom stereocenters. The van der Waals surface area contributed by atoms with Crippen LogP contribution < -0.4 is 20.9 Å². The number of nitrogens with one attached hydrogen (secondary N) is 3. The van der Waals surface area contributed by atoms with Gasteiger partial charge in [0.15, 0.2) is 0 Å². The Kier molecular flexibility index (Phi) is 4.54. The molecule has 0 atom stereocenters. The summed E-state index contributed by atoms with van der Waals surface area (Å²) >= 11 is 0. The van der Waals surface area contributed by atoms with E-state index in [1.54, 1.807) is 11.9 Å². The van der Waals surface area contributed by atoms with E-state index in [9.17, 15) is 4.79 Å². The molecular weight excluding hydrogens is 258 g/mol. The Bertz CT molecular complexity index is 473. The summed E-state index contributed by atoms with van der Waals surface area (Å²) in [7, 11) is 5.48. The largest absolute Gasteiger partial charge is 0.357 e. The van der Waals surface area contributed by atoms with Crippen LogP contribution >= 0.6 is 0 Å². The van der Waals surface area contributed by atoms with Crippen molar-refractivity contribution in [3.63, 3.8) is 0 Å². The van der Waals surface area contributed by atoms with Crippen molar-refractivity contribution in [2.75, 3.05) is 43.2 Å². The summed E-state index contributed by atoms with van der Waals surface area (Å²) in [6.07, 6.45) is 2.61. The van der Waals surface area contributed by atoms with Crippen molar-refractivity contribution in [2.24, 2.45) is 0 Å². The van der Waals surface area contributed by atoms with E-state index in [1.807, 2.05) is 14.1 Å². The van der Waals surface area contributed by atoms with Gasteiger partial charge in [-0.05, 0) is 12.8 Å². The fraction of sp³-hybridized carbons (Fsp3) is 0.667. The van der Waals surface area contributed by atoms with Crippen LogP contribution in [0.1, 0.15) is 19.3 Å². The monoisotopic (exact) mass is 279 g/mol. The molecule has 2 rings (SSSR count). The van der Waals surface area contributed by atoms with Crippen LogP contribution in [-0.4, -0.2) is 54.6 Å². The first-order chi connectivity index (χ1) is 9.58. The first-order valence-corrected chi connectivity index (χ1v) is 6.73. The molecule has 1 aliphatic rings. The minimum absolute atomic E-state index is 0.0655. The van der Waals surface area contributed by atoms with Crippen LogP contribution in [0.4, 0.5) is 17.8 Å². The summed E-state index contributed by atoms with van der Waals surface area (Å²) < 4.78 is 0. The van der Waals surface area contributed by atoms with Crippen molar-refractivity contribution in [3.05, 3.63) is 0 Å². The molecule has 0 spiro atoms. The quantitative estimate of drug-likeness (QED) is 0.649. The molecule has 0 bridgehead atoms. The number of nitrogens with zero attached hydrogens (tertiary/aromatic N) is 4. The number of rotatable bonds is 7. The Morgan fingerprint density at radius 3 is 2.55 bits per heavy atom. The van der Waals surface area contributed by atoms with Crippen molar-refractivity contribution in [1.82, 2.24) is 20.3 Å². The second kappa shape index (κ2) is 6.36. The SMILES string of the molecule is CNc1nc(NCCC(=O)NC2CC2)nc(N(C)C)n1. The summed E-state index contributed by atoms with van der Waals surface area (Å²) in [5.41, 5.74) is 0. The van der Waals surface area contributed by atoms with Crippen molar-refractivity contribution in [2.45, 2.75) is 25.3 Å². The average Bonchev–Trinajstić information content (AvgIpc) is 3.22. The fourth-order valence-corrected chi connectivity index (χ4v) is 1.57. The van der Waals surface area contributed by atoms with Gasteiger partial charge in [-0.25, -0.2) is 0 Å². The molecule has 0 aliphatic heterocycles. The molecule has 1 amide bonds. The van der Waals surface area contributed by atoms with Gasteiger partial charge in [0.05, 0.1) is 0 Å². The van der Waals surface area contributed by atoms with Crippen LogP contribution in [-0.2, 0) is 4.79 Å². The van der Waals surface area contributed by atoms with Gasteiger partial charge in [-0.1, -0.05) is 0 Å². The number of aromatic nitrogens is 3. The van der Waals surface area contributed by atoms with Gasteiger partial charge in [0.25, 0.3) is 0 Å². The molecule has 1 aromatic rings. The smallest absolute Gasteiger partial charge is 0.231 e. The van der Waals surface area contributed by atoms with Crippen molar-refractivity contribution in [3.8, 4) is 0 Å². The normalized spacial score (nSPS) is 13.8. The maximum absolute atomic E-state index is 11.6. The summed E-state index contributed by atoms with van der Waals surface area (Å²) in [4.78, 5) is 26.0. The summed E-state index contributed by atoms with van der Waals surface area (Å²) in [6, 6.07) is 0.399. The number of carbonyl (C=O) groups excluding carboxylic acids is 1. The van der Waals surface area contributed by atoms with Crippen molar-refractivity contribution < 1.29 is 4.79 Å². The predicted octanol–water partition coefficient (Wildman–Crippen LogP) is 0.0599. The topological polar surface area (TPSA) is 95.1 Å². The Morgan fingerprint density at radius 1 is 1.25 bits per heavy atom. The molecule has 0 radical (unpaired) electrons. The van der Waals surface area contributed by atoms with Gasteiger partial charge in [-0.3, -0.25) is 4.79 Å². The molecule has 8 heteroatoms. The van der Waals surface area contributed by atoms with E-state index >= 15 is 0 Å². The zero-order valence-electron chi connectivity index (χ0n) is 12.1. The summed E-state index contributed by atoms with van der Waals surface area (Å²) in [5.74, 6) is 1.59. The van der Waals surface area contributed by atoms with Crippen molar-refractivity contribution in [1.29, 1.82) is 0 Å². The van der Waals surface area contributed by atoms with Crippen LogP contribution in [0, 0.1) is 0 Å². The van der Waals surface area contributed by atoms with Crippen LogP contribution in [0.25, 0.3) is 0 Å². The van der Waals surface area contributed by atoms with E-state index < -0.39 is 0 Å². The predicted molar refractivity (Wildman–Crippen MR) is 78.0 cm³/mol. The Morgan fingerprint density at radius 2 is 1.95 bits per heavy atom. The minimum Gasteiger partial charge on any atom is -0.357 e. The molecule has 1 aliphatic carbocycles. The number of anilines is 3. The molecular formula is C12H21N7O. The first-order valence-electron chi connectivity index (χ1n) is 6.73. The highest BCUT2D eigenvalue weighted by Crippen LogP contribution is 2.18. The Hall–Kier alpha value is -2.12. The van der Waals surface area contributed by atoms with Crippen LogP contribution in [0.3, 0.4) is 0 Å². The lowest BCUT2D eigenvalue weighted by atomic mass is 10.4. The lowest BCUT2D eigenvalue weighted by molar-refractivity contribution is -0.120. The first kappa shape index (κ1) is 14.3. The highest BCUT2D eigenvalue weighted by atomic mass is 16.1. The molecule has 1 fully saturated rings. The molecule has 3 N–H and O–H groups in total. The lowest BCUT2D eigenvalue weighted by Crippen LogP contribution is -2.27. The number of hydrogen-bond acceptors (Lipinski definition) is 7. The van der Waals surface area contributed by atoms with Crippen LogP contribution in [0.15, 0.2) is 0 Å². The van der Waals surface area contributed by atoms with E-state index in [0.29, 0.717) is 36.9 Å². The standard InChI is InChI=1S/C12H21N7O/c1-13-10-16-11(18-12(17-10)19(2)3)14-7-6-9(20)15-8-4-5-8/h8H,4-7H2,1-3H3,(H,15,20)(H2,13,14,16,17,18). The van der Waals surface area contributed by atoms with E-state index in [2.05, 4.69) is 30.9 Å². The van der Waals surface area contributed by atoms with Gasteiger partial charge < -0.3 is 20.9 Å². The van der Waals surface area contributed by atoms with Gasteiger partial charge in [0, 0.05) is 40.2 Å². The van der Waals surface area contributed by atoms with Crippen LogP contribution in [0.5, 0.6) is 0 Å². The molecule has 1 heterocycles. The van der Waals surface area contributed by atoms with Gasteiger partial charge >= 0.3 is 0 Å². The maximum Gasteiger partial charge on any atom is 0.231 e. The molecule has 110 valence electrons. The summed E-state index contributed by atoms with van der Waals surface area (Å²) in [5, 5.41) is 8.88. The summed E-state index contributed by atoms with van der Waals surface area (Å²) in [6.45, 7) is 0.499. The van der Waals surface area contributed by atoms with E-state index in [-0.39, 0.29) is 5.91 Å². The second-order valence-corrected chi connectivity index (χ2v) is 4.95. The number of carbonyl (C=O) groups is 1. The third-order valence-corrected chi connectivity index (χ3v) is 2.82. The van der Waals surface area contributed by atoms with E-state index in [1.165, 1.54) is 0 Å².